The van der Waals surface area contributed by atoms with Crippen molar-refractivity contribution in [3.63, 3.8) is 0 Å². The first-order chi connectivity index (χ1) is 7.72. The molecule has 16 heavy (non-hydrogen) atoms. The van der Waals surface area contributed by atoms with E-state index in [2.05, 4.69) is 22.0 Å². The summed E-state index contributed by atoms with van der Waals surface area (Å²) in [6.45, 7) is 3.66. The van der Waals surface area contributed by atoms with Gasteiger partial charge in [0, 0.05) is 44.1 Å². The molecule has 4 heteroatoms. The van der Waals surface area contributed by atoms with Crippen LogP contribution in [0.1, 0.15) is 18.4 Å². The average molecular weight is 220 g/mol. The van der Waals surface area contributed by atoms with Gasteiger partial charge in [0.05, 0.1) is 0 Å². The molecule has 0 unspecified atom stereocenters. The predicted octanol–water partition coefficient (Wildman–Crippen LogP) is 0.334. The van der Waals surface area contributed by atoms with Gasteiger partial charge in [0.25, 0.3) is 0 Å². The maximum Gasteiger partial charge on any atom is 0.0303 e. The molecule has 0 aliphatic carbocycles. The Morgan fingerprint density at radius 2 is 1.88 bits per heavy atom. The lowest BCUT2D eigenvalue weighted by Crippen LogP contribution is -2.54. The highest BCUT2D eigenvalue weighted by Crippen LogP contribution is 2.19. The fourth-order valence-electron chi connectivity index (χ4n) is 2.11. The number of hydrogen-bond donors (Lipinski definition) is 2. The van der Waals surface area contributed by atoms with Gasteiger partial charge in [0.1, 0.15) is 0 Å². The molecule has 1 saturated heterocycles. The van der Waals surface area contributed by atoms with Crippen LogP contribution in [0.5, 0.6) is 0 Å². The maximum absolute atomic E-state index is 6.15. The van der Waals surface area contributed by atoms with Crippen LogP contribution in [-0.2, 0) is 6.54 Å². The van der Waals surface area contributed by atoms with E-state index in [1.165, 1.54) is 5.56 Å². The van der Waals surface area contributed by atoms with Crippen LogP contribution in [0.25, 0.3) is 0 Å². The molecule has 0 atom stereocenters. The molecule has 1 fully saturated rings. The van der Waals surface area contributed by atoms with Gasteiger partial charge in [-0.05, 0) is 30.5 Å². The van der Waals surface area contributed by atoms with E-state index in [0.29, 0.717) is 6.54 Å². The molecular weight excluding hydrogens is 200 g/mol. The largest absolute Gasteiger partial charge is 0.329 e. The van der Waals surface area contributed by atoms with Crippen molar-refractivity contribution in [2.45, 2.75) is 24.9 Å². The van der Waals surface area contributed by atoms with Crippen molar-refractivity contribution in [2.75, 3.05) is 19.6 Å². The molecule has 0 aromatic carbocycles. The number of pyridine rings is 1. The van der Waals surface area contributed by atoms with Crippen molar-refractivity contribution in [2.24, 2.45) is 11.5 Å². The Morgan fingerprint density at radius 1 is 1.25 bits per heavy atom. The molecule has 1 aliphatic rings. The molecule has 0 amide bonds. The Morgan fingerprint density at radius 3 is 2.44 bits per heavy atom. The monoisotopic (exact) mass is 220 g/mol. The topological polar surface area (TPSA) is 68.2 Å². The van der Waals surface area contributed by atoms with E-state index in [0.717, 1.165) is 32.5 Å². The number of likely N-dealkylation sites (tertiary alicyclic amines) is 1. The fraction of sp³-hybridized carbons (Fsp3) is 0.583. The highest BCUT2D eigenvalue weighted by molar-refractivity contribution is 5.09. The molecule has 1 aromatic rings. The Hall–Kier alpha value is -0.970. The second kappa shape index (κ2) is 4.91. The minimum absolute atomic E-state index is 0.130. The number of nitrogens with two attached hydrogens (primary N) is 2. The first-order valence-electron chi connectivity index (χ1n) is 5.82. The van der Waals surface area contributed by atoms with Gasteiger partial charge in [-0.2, -0.15) is 0 Å². The molecule has 88 valence electrons. The molecule has 1 aromatic heterocycles. The summed E-state index contributed by atoms with van der Waals surface area (Å²) in [5.41, 5.74) is 13.0. The van der Waals surface area contributed by atoms with Crippen LogP contribution in [0, 0.1) is 0 Å². The smallest absolute Gasteiger partial charge is 0.0303 e. The van der Waals surface area contributed by atoms with Crippen LogP contribution in [0.2, 0.25) is 0 Å². The van der Waals surface area contributed by atoms with Crippen LogP contribution in [0.4, 0.5) is 0 Å². The molecule has 0 radical (unpaired) electrons. The minimum atomic E-state index is -0.130. The molecule has 0 bridgehead atoms. The summed E-state index contributed by atoms with van der Waals surface area (Å²) in [7, 11) is 0. The van der Waals surface area contributed by atoms with Gasteiger partial charge in [-0.25, -0.2) is 0 Å². The van der Waals surface area contributed by atoms with E-state index >= 15 is 0 Å². The van der Waals surface area contributed by atoms with E-state index in [-0.39, 0.29) is 5.54 Å². The summed E-state index contributed by atoms with van der Waals surface area (Å²) < 4.78 is 0. The number of piperidine rings is 1. The van der Waals surface area contributed by atoms with Crippen molar-refractivity contribution >= 4 is 0 Å². The third kappa shape index (κ3) is 2.78. The number of nitrogens with zero attached hydrogens (tertiary/aromatic N) is 2. The van der Waals surface area contributed by atoms with Crippen LogP contribution < -0.4 is 11.5 Å². The lowest BCUT2D eigenvalue weighted by atomic mass is 9.89. The van der Waals surface area contributed by atoms with Gasteiger partial charge in [-0.1, -0.05) is 0 Å². The first kappa shape index (κ1) is 11.5. The van der Waals surface area contributed by atoms with Crippen LogP contribution in [-0.4, -0.2) is 35.1 Å². The lowest BCUT2D eigenvalue weighted by molar-refractivity contribution is 0.159. The molecular formula is C12H20N4. The number of rotatable bonds is 3. The summed E-state index contributed by atoms with van der Waals surface area (Å²) in [5, 5.41) is 0. The van der Waals surface area contributed by atoms with Crippen LogP contribution >= 0.6 is 0 Å². The fourth-order valence-corrected chi connectivity index (χ4v) is 2.11. The molecule has 2 rings (SSSR count). The quantitative estimate of drug-likeness (QED) is 0.770. The van der Waals surface area contributed by atoms with E-state index in [9.17, 15) is 0 Å². The van der Waals surface area contributed by atoms with Gasteiger partial charge < -0.3 is 11.5 Å². The van der Waals surface area contributed by atoms with E-state index in [4.69, 9.17) is 11.5 Å². The third-order valence-electron chi connectivity index (χ3n) is 3.41. The van der Waals surface area contributed by atoms with Gasteiger partial charge in [-0.3, -0.25) is 9.88 Å². The van der Waals surface area contributed by atoms with Crippen molar-refractivity contribution in [1.29, 1.82) is 0 Å². The van der Waals surface area contributed by atoms with Crippen LogP contribution in [0.3, 0.4) is 0 Å². The molecule has 2 heterocycles. The van der Waals surface area contributed by atoms with E-state index < -0.39 is 0 Å². The Kier molecular flexibility index (Phi) is 3.53. The molecule has 0 spiro atoms. The number of aromatic nitrogens is 1. The van der Waals surface area contributed by atoms with Gasteiger partial charge in [-0.15, -0.1) is 0 Å². The Bertz CT molecular complexity index is 317. The number of hydrogen-bond acceptors (Lipinski definition) is 4. The summed E-state index contributed by atoms with van der Waals surface area (Å²) in [5.74, 6) is 0. The standard InChI is InChI=1S/C12H20N4/c13-10-12(14)3-7-16(8-4-12)9-11-1-5-15-6-2-11/h1-2,5-6H,3-4,7-10,13-14H2. The second-order valence-electron chi connectivity index (χ2n) is 4.70. The van der Waals surface area contributed by atoms with Gasteiger partial charge in [0.2, 0.25) is 0 Å². The summed E-state index contributed by atoms with van der Waals surface area (Å²) in [4.78, 5) is 6.45. The van der Waals surface area contributed by atoms with E-state index in [1.807, 2.05) is 12.4 Å². The highest BCUT2D eigenvalue weighted by atomic mass is 15.1. The van der Waals surface area contributed by atoms with Gasteiger partial charge >= 0.3 is 0 Å². The zero-order chi connectivity index (χ0) is 11.4. The Balaban J connectivity index is 1.86. The minimum Gasteiger partial charge on any atom is -0.329 e. The second-order valence-corrected chi connectivity index (χ2v) is 4.70. The van der Waals surface area contributed by atoms with E-state index in [1.54, 1.807) is 0 Å². The van der Waals surface area contributed by atoms with Crippen molar-refractivity contribution in [1.82, 2.24) is 9.88 Å². The summed E-state index contributed by atoms with van der Waals surface area (Å²) >= 11 is 0. The molecule has 1 aliphatic heterocycles. The zero-order valence-electron chi connectivity index (χ0n) is 9.60. The third-order valence-corrected chi connectivity index (χ3v) is 3.41. The molecule has 4 N–H and O–H groups in total. The lowest BCUT2D eigenvalue weighted by Gasteiger charge is -2.38. The maximum atomic E-state index is 6.15. The Labute approximate surface area is 96.6 Å². The summed E-state index contributed by atoms with van der Waals surface area (Å²) in [6, 6.07) is 4.13. The summed E-state index contributed by atoms with van der Waals surface area (Å²) in [6.07, 6.45) is 5.67. The van der Waals surface area contributed by atoms with Gasteiger partial charge in [0.15, 0.2) is 0 Å². The van der Waals surface area contributed by atoms with Crippen molar-refractivity contribution in [3.8, 4) is 0 Å². The molecule has 4 nitrogen and oxygen atoms in total. The predicted molar refractivity (Wildman–Crippen MR) is 64.7 cm³/mol. The highest BCUT2D eigenvalue weighted by Gasteiger charge is 2.28. The van der Waals surface area contributed by atoms with Crippen molar-refractivity contribution < 1.29 is 0 Å². The van der Waals surface area contributed by atoms with Crippen LogP contribution in [0.15, 0.2) is 24.5 Å². The first-order valence-corrected chi connectivity index (χ1v) is 5.82. The molecule has 0 saturated carbocycles. The zero-order valence-corrected chi connectivity index (χ0v) is 9.60. The van der Waals surface area contributed by atoms with Crippen molar-refractivity contribution in [3.05, 3.63) is 30.1 Å². The average Bonchev–Trinajstić information content (AvgIpc) is 2.34. The SMILES string of the molecule is NCC1(N)CCN(Cc2ccncc2)CC1. The normalized spacial score (nSPS) is 20.9.